The first-order valence-electron chi connectivity index (χ1n) is 8.51. The number of hydrogen-bond acceptors (Lipinski definition) is 3. The molecule has 1 aromatic heterocycles. The maximum absolute atomic E-state index is 14.4. The number of aryl methyl sites for hydroxylation is 2. The van der Waals surface area contributed by atoms with Crippen LogP contribution in [0, 0.1) is 13.8 Å². The van der Waals surface area contributed by atoms with Crippen molar-refractivity contribution in [3.8, 4) is 0 Å². The Balaban J connectivity index is 1.95. The quantitative estimate of drug-likeness (QED) is 0.598. The van der Waals surface area contributed by atoms with E-state index in [4.69, 9.17) is 0 Å². The molecule has 1 aliphatic heterocycles. The highest BCUT2D eigenvalue weighted by atomic mass is 79.9. The molecule has 0 radical (unpaired) electrons. The monoisotopic (exact) mass is 466 g/mol. The summed E-state index contributed by atoms with van der Waals surface area (Å²) < 4.78 is 44.1. The molecule has 3 aromatic rings. The van der Waals surface area contributed by atoms with Gasteiger partial charge >= 0.3 is 6.18 Å². The maximum atomic E-state index is 14.4. The van der Waals surface area contributed by atoms with Crippen molar-refractivity contribution in [3.05, 3.63) is 57.6 Å². The smallest absolute Gasteiger partial charge is 0.313 e. The van der Waals surface area contributed by atoms with Gasteiger partial charge in [-0.05, 0) is 65.2 Å². The van der Waals surface area contributed by atoms with E-state index in [-0.39, 0.29) is 22.5 Å². The van der Waals surface area contributed by atoms with E-state index < -0.39 is 23.7 Å². The Morgan fingerprint density at radius 3 is 2.52 bits per heavy atom. The fraction of sp³-hybridized carbons (Fsp3) is 0.211. The first-order chi connectivity index (χ1) is 13.6. The summed E-state index contributed by atoms with van der Waals surface area (Å²) in [6.45, 7) is 3.55. The number of imidazole rings is 1. The van der Waals surface area contributed by atoms with E-state index in [0.29, 0.717) is 9.04 Å². The van der Waals surface area contributed by atoms with Crippen LogP contribution in [-0.4, -0.2) is 27.5 Å². The van der Waals surface area contributed by atoms with Crippen molar-refractivity contribution in [1.29, 1.82) is 0 Å². The molecule has 0 bridgehead atoms. The molecular weight excluding hydrogens is 453 g/mol. The fourth-order valence-electron chi connectivity index (χ4n) is 3.37. The molecule has 1 aliphatic rings. The molecule has 10 heteroatoms. The SMILES string of the molecule is Cc1cc2nc3n(c2cc1C)C(NC(=O)c1ccccc1Br)(C(F)(F)F)C(=O)N3. The Bertz CT molecular complexity index is 1190. The lowest BCUT2D eigenvalue weighted by Crippen LogP contribution is -2.63. The zero-order chi connectivity index (χ0) is 21.1. The van der Waals surface area contributed by atoms with Gasteiger partial charge in [-0.15, -0.1) is 0 Å². The highest BCUT2D eigenvalue weighted by Gasteiger charge is 2.67. The van der Waals surface area contributed by atoms with E-state index in [1.54, 1.807) is 19.1 Å². The van der Waals surface area contributed by atoms with E-state index in [9.17, 15) is 22.8 Å². The Morgan fingerprint density at radius 2 is 1.86 bits per heavy atom. The second-order valence-corrected chi connectivity index (χ2v) is 7.65. The predicted molar refractivity (Wildman–Crippen MR) is 103 cm³/mol. The number of amides is 2. The summed E-state index contributed by atoms with van der Waals surface area (Å²) in [5, 5.41) is 4.09. The average Bonchev–Trinajstić information content (AvgIpc) is 3.09. The van der Waals surface area contributed by atoms with Gasteiger partial charge in [-0.2, -0.15) is 13.2 Å². The van der Waals surface area contributed by atoms with Crippen LogP contribution in [0.1, 0.15) is 21.5 Å². The zero-order valence-corrected chi connectivity index (χ0v) is 16.8. The largest absolute Gasteiger partial charge is 0.440 e. The summed E-state index contributed by atoms with van der Waals surface area (Å²) in [7, 11) is 0. The molecule has 1 unspecified atom stereocenters. The number of fused-ring (bicyclic) bond motifs is 3. The van der Waals surface area contributed by atoms with Crippen molar-refractivity contribution in [2.24, 2.45) is 0 Å². The van der Waals surface area contributed by atoms with Crippen molar-refractivity contribution in [3.63, 3.8) is 0 Å². The van der Waals surface area contributed by atoms with Crippen LogP contribution in [0.15, 0.2) is 40.9 Å². The minimum absolute atomic E-state index is 0.0335. The molecule has 2 heterocycles. The Labute approximate surface area is 171 Å². The number of halogens is 4. The van der Waals surface area contributed by atoms with E-state index in [0.717, 1.165) is 11.1 Å². The van der Waals surface area contributed by atoms with Crippen molar-refractivity contribution in [2.75, 3.05) is 5.32 Å². The number of alkyl halides is 3. The van der Waals surface area contributed by atoms with Crippen LogP contribution in [0.2, 0.25) is 0 Å². The minimum Gasteiger partial charge on any atom is -0.313 e. The number of anilines is 1. The van der Waals surface area contributed by atoms with Gasteiger partial charge in [0.2, 0.25) is 5.95 Å². The minimum atomic E-state index is -5.13. The van der Waals surface area contributed by atoms with Gasteiger partial charge in [0.15, 0.2) is 0 Å². The van der Waals surface area contributed by atoms with Gasteiger partial charge in [0.25, 0.3) is 17.5 Å². The number of rotatable bonds is 2. The third-order valence-corrected chi connectivity index (χ3v) is 5.67. The number of carbonyl (C=O) groups is 2. The molecule has 0 aliphatic carbocycles. The molecule has 2 aromatic carbocycles. The van der Waals surface area contributed by atoms with E-state index in [1.165, 1.54) is 24.3 Å². The summed E-state index contributed by atoms with van der Waals surface area (Å²) in [5.41, 5.74) is -1.42. The number of hydrogen-bond donors (Lipinski definition) is 2. The summed E-state index contributed by atoms with van der Waals surface area (Å²) >= 11 is 3.15. The van der Waals surface area contributed by atoms with Crippen LogP contribution < -0.4 is 10.6 Å². The molecule has 6 nitrogen and oxygen atoms in total. The number of benzene rings is 2. The molecule has 4 rings (SSSR count). The van der Waals surface area contributed by atoms with Crippen LogP contribution in [0.4, 0.5) is 19.1 Å². The van der Waals surface area contributed by atoms with E-state index in [2.05, 4.69) is 26.2 Å². The highest BCUT2D eigenvalue weighted by Crippen LogP contribution is 2.44. The van der Waals surface area contributed by atoms with Gasteiger partial charge in [-0.3, -0.25) is 19.5 Å². The van der Waals surface area contributed by atoms with Crippen LogP contribution in [0.3, 0.4) is 0 Å². The highest BCUT2D eigenvalue weighted by molar-refractivity contribution is 9.10. The molecule has 0 saturated heterocycles. The maximum Gasteiger partial charge on any atom is 0.440 e. The molecule has 0 saturated carbocycles. The Hall–Kier alpha value is -2.88. The molecule has 2 amide bonds. The lowest BCUT2D eigenvalue weighted by atomic mass is 10.1. The van der Waals surface area contributed by atoms with Crippen molar-refractivity contribution in [2.45, 2.75) is 25.7 Å². The lowest BCUT2D eigenvalue weighted by Gasteiger charge is -2.32. The van der Waals surface area contributed by atoms with Crippen LogP contribution in [0.5, 0.6) is 0 Å². The third-order valence-electron chi connectivity index (χ3n) is 4.98. The molecule has 2 N–H and O–H groups in total. The van der Waals surface area contributed by atoms with Crippen molar-refractivity contribution in [1.82, 2.24) is 14.9 Å². The average molecular weight is 467 g/mol. The number of aromatic nitrogens is 2. The van der Waals surface area contributed by atoms with Gasteiger partial charge in [-0.25, -0.2) is 4.98 Å². The van der Waals surface area contributed by atoms with Crippen LogP contribution >= 0.6 is 15.9 Å². The zero-order valence-electron chi connectivity index (χ0n) is 15.2. The number of nitrogens with one attached hydrogen (secondary N) is 2. The van der Waals surface area contributed by atoms with Gasteiger partial charge in [-0.1, -0.05) is 12.1 Å². The summed E-state index contributed by atoms with van der Waals surface area (Å²) in [6.07, 6.45) is -5.13. The molecule has 0 fully saturated rings. The number of nitrogens with zero attached hydrogens (tertiary/aromatic N) is 2. The molecule has 150 valence electrons. The Morgan fingerprint density at radius 1 is 1.21 bits per heavy atom. The normalized spacial score (nSPS) is 18.6. The Kier molecular flexibility index (Phi) is 4.23. The third kappa shape index (κ3) is 2.73. The van der Waals surface area contributed by atoms with Crippen molar-refractivity contribution >= 4 is 44.7 Å². The van der Waals surface area contributed by atoms with E-state index >= 15 is 0 Å². The van der Waals surface area contributed by atoms with Crippen LogP contribution in [0.25, 0.3) is 11.0 Å². The second-order valence-electron chi connectivity index (χ2n) is 6.79. The molecular formula is C19H14BrF3N4O2. The van der Waals surface area contributed by atoms with Gasteiger partial charge < -0.3 is 5.32 Å². The second kappa shape index (κ2) is 6.31. The van der Waals surface area contributed by atoms with E-state index in [1.807, 2.05) is 12.2 Å². The summed E-state index contributed by atoms with van der Waals surface area (Å²) in [6, 6.07) is 9.17. The summed E-state index contributed by atoms with van der Waals surface area (Å²) in [4.78, 5) is 29.5. The molecule has 1 atom stereocenters. The first-order valence-corrected chi connectivity index (χ1v) is 9.31. The first kappa shape index (κ1) is 19.4. The standard InChI is InChI=1S/C19H14BrF3N4O2/c1-9-7-13-14(8-10(9)2)27-17(24-13)25-16(29)18(27,19(21,22)23)26-15(28)11-5-3-4-6-12(11)20/h3-8H,1-2H3,(H,26,28)(H,24,25,29). The van der Waals surface area contributed by atoms with Gasteiger partial charge in [0, 0.05) is 4.47 Å². The van der Waals surface area contributed by atoms with Gasteiger partial charge in [0.1, 0.15) is 0 Å². The predicted octanol–water partition coefficient (Wildman–Crippen LogP) is 4.01. The molecule has 0 spiro atoms. The number of carbonyl (C=O) groups excluding carboxylic acids is 2. The molecule has 29 heavy (non-hydrogen) atoms. The lowest BCUT2D eigenvalue weighted by molar-refractivity contribution is -0.213. The summed E-state index contributed by atoms with van der Waals surface area (Å²) in [5.74, 6) is -2.75. The van der Waals surface area contributed by atoms with Gasteiger partial charge in [0.05, 0.1) is 16.6 Å². The fourth-order valence-corrected chi connectivity index (χ4v) is 3.83. The topological polar surface area (TPSA) is 76.0 Å². The van der Waals surface area contributed by atoms with Crippen LogP contribution in [-0.2, 0) is 10.5 Å². The van der Waals surface area contributed by atoms with Crippen molar-refractivity contribution < 1.29 is 22.8 Å².